The van der Waals surface area contributed by atoms with Gasteiger partial charge in [0.1, 0.15) is 17.5 Å². The number of hydrogen-bond donors (Lipinski definition) is 2. The van der Waals surface area contributed by atoms with Crippen LogP contribution < -0.4 is 5.73 Å². The quantitative estimate of drug-likeness (QED) is 0.856. The number of aromatic amines is 1. The summed E-state index contributed by atoms with van der Waals surface area (Å²) in [6.07, 6.45) is 3.34. The molecule has 0 aliphatic rings. The molecule has 0 aliphatic carbocycles. The van der Waals surface area contributed by atoms with E-state index >= 15 is 0 Å². The molecule has 0 bridgehead atoms. The van der Waals surface area contributed by atoms with Gasteiger partial charge in [-0.3, -0.25) is 0 Å². The van der Waals surface area contributed by atoms with E-state index in [0.717, 1.165) is 24.7 Å². The molecule has 1 unspecified atom stereocenters. The van der Waals surface area contributed by atoms with Crippen LogP contribution in [0.3, 0.4) is 0 Å². The maximum Gasteiger partial charge on any atom is 0.135 e. The van der Waals surface area contributed by atoms with Gasteiger partial charge in [-0.05, 0) is 36.9 Å². The number of hydrogen-bond acceptors (Lipinski definition) is 2. The van der Waals surface area contributed by atoms with E-state index in [2.05, 4.69) is 23.8 Å². The SMILES string of the molecule is CC(C)CC(CN)Cc1ncc(-c2ccc(F)cc2F)[nH]1. The van der Waals surface area contributed by atoms with E-state index in [4.69, 9.17) is 5.73 Å². The van der Waals surface area contributed by atoms with Crippen LogP contribution in [0.4, 0.5) is 8.78 Å². The zero-order valence-electron chi connectivity index (χ0n) is 12.4. The van der Waals surface area contributed by atoms with Gasteiger partial charge in [0, 0.05) is 18.1 Å². The van der Waals surface area contributed by atoms with E-state index in [0.29, 0.717) is 29.6 Å². The summed E-state index contributed by atoms with van der Waals surface area (Å²) < 4.78 is 26.7. The van der Waals surface area contributed by atoms with Crippen molar-refractivity contribution in [3.8, 4) is 11.3 Å². The molecular formula is C16H21F2N3. The lowest BCUT2D eigenvalue weighted by Crippen LogP contribution is -2.19. The fraction of sp³-hybridized carbons (Fsp3) is 0.438. The molecule has 114 valence electrons. The molecule has 3 N–H and O–H groups in total. The van der Waals surface area contributed by atoms with Gasteiger partial charge in [-0.25, -0.2) is 13.8 Å². The van der Waals surface area contributed by atoms with E-state index in [1.165, 1.54) is 12.1 Å². The van der Waals surface area contributed by atoms with Crippen molar-refractivity contribution in [2.75, 3.05) is 6.54 Å². The van der Waals surface area contributed by atoms with Crippen LogP contribution in [-0.2, 0) is 6.42 Å². The highest BCUT2D eigenvalue weighted by Gasteiger charge is 2.14. The Morgan fingerprint density at radius 3 is 2.67 bits per heavy atom. The van der Waals surface area contributed by atoms with Crippen molar-refractivity contribution in [1.82, 2.24) is 9.97 Å². The number of halogens is 2. The lowest BCUT2D eigenvalue weighted by Gasteiger charge is -2.15. The van der Waals surface area contributed by atoms with Crippen molar-refractivity contribution in [3.05, 3.63) is 41.9 Å². The molecule has 3 nitrogen and oxygen atoms in total. The molecule has 1 atom stereocenters. The zero-order chi connectivity index (χ0) is 15.4. The monoisotopic (exact) mass is 293 g/mol. The minimum Gasteiger partial charge on any atom is -0.342 e. The Morgan fingerprint density at radius 2 is 2.05 bits per heavy atom. The number of benzene rings is 1. The third-order valence-electron chi connectivity index (χ3n) is 3.47. The van der Waals surface area contributed by atoms with Gasteiger partial charge in [0.2, 0.25) is 0 Å². The molecule has 1 heterocycles. The van der Waals surface area contributed by atoms with Gasteiger partial charge in [0.15, 0.2) is 0 Å². The smallest absolute Gasteiger partial charge is 0.135 e. The number of aromatic nitrogens is 2. The fourth-order valence-corrected chi connectivity index (χ4v) is 2.51. The molecule has 5 heteroatoms. The maximum absolute atomic E-state index is 13.7. The second-order valence-corrected chi connectivity index (χ2v) is 5.80. The predicted molar refractivity (Wildman–Crippen MR) is 79.6 cm³/mol. The van der Waals surface area contributed by atoms with E-state index < -0.39 is 11.6 Å². The Hall–Kier alpha value is -1.75. The Labute approximate surface area is 123 Å². The molecule has 21 heavy (non-hydrogen) atoms. The van der Waals surface area contributed by atoms with E-state index in [9.17, 15) is 8.78 Å². The second kappa shape index (κ2) is 6.80. The van der Waals surface area contributed by atoms with Gasteiger partial charge < -0.3 is 10.7 Å². The first-order valence-electron chi connectivity index (χ1n) is 7.19. The summed E-state index contributed by atoms with van der Waals surface area (Å²) in [6.45, 7) is 4.91. The summed E-state index contributed by atoms with van der Waals surface area (Å²) in [7, 11) is 0. The molecule has 2 rings (SSSR count). The molecule has 1 aromatic heterocycles. The Morgan fingerprint density at radius 1 is 1.29 bits per heavy atom. The summed E-state index contributed by atoms with van der Waals surface area (Å²) in [5, 5.41) is 0. The molecule has 0 fully saturated rings. The first-order chi connectivity index (χ1) is 9.99. The van der Waals surface area contributed by atoms with Gasteiger partial charge >= 0.3 is 0 Å². The predicted octanol–water partition coefficient (Wildman–Crippen LogP) is 3.52. The molecule has 0 spiro atoms. The van der Waals surface area contributed by atoms with Crippen LogP contribution in [0.1, 0.15) is 26.1 Å². The molecule has 0 amide bonds. The summed E-state index contributed by atoms with van der Waals surface area (Å²) >= 11 is 0. The van der Waals surface area contributed by atoms with Crippen molar-refractivity contribution >= 4 is 0 Å². The Kier molecular flexibility index (Phi) is 5.07. The number of imidazole rings is 1. The summed E-state index contributed by atoms with van der Waals surface area (Å²) in [4.78, 5) is 7.38. The number of nitrogens with one attached hydrogen (secondary N) is 1. The van der Waals surface area contributed by atoms with Crippen LogP contribution >= 0.6 is 0 Å². The first-order valence-corrected chi connectivity index (χ1v) is 7.19. The maximum atomic E-state index is 13.7. The average molecular weight is 293 g/mol. The third kappa shape index (κ3) is 4.11. The van der Waals surface area contributed by atoms with Crippen LogP contribution in [0, 0.1) is 23.5 Å². The molecule has 2 aromatic rings. The number of H-pyrrole nitrogens is 1. The summed E-state index contributed by atoms with van der Waals surface area (Å²) in [5.74, 6) is 0.522. The third-order valence-corrected chi connectivity index (χ3v) is 3.47. The summed E-state index contributed by atoms with van der Waals surface area (Å²) in [5.41, 5.74) is 6.66. The molecule has 0 radical (unpaired) electrons. The fourth-order valence-electron chi connectivity index (χ4n) is 2.51. The molecule has 0 saturated heterocycles. The Balaban J connectivity index is 2.14. The lowest BCUT2D eigenvalue weighted by atomic mass is 9.94. The molecule has 0 saturated carbocycles. The van der Waals surface area contributed by atoms with Crippen molar-refractivity contribution < 1.29 is 8.78 Å². The van der Waals surface area contributed by atoms with Crippen LogP contribution in [0.5, 0.6) is 0 Å². The van der Waals surface area contributed by atoms with Crippen molar-refractivity contribution in [2.45, 2.75) is 26.7 Å². The zero-order valence-corrected chi connectivity index (χ0v) is 12.4. The van der Waals surface area contributed by atoms with Crippen molar-refractivity contribution in [2.24, 2.45) is 17.6 Å². The average Bonchev–Trinajstić information content (AvgIpc) is 2.85. The second-order valence-electron chi connectivity index (χ2n) is 5.80. The highest BCUT2D eigenvalue weighted by atomic mass is 19.1. The normalized spacial score (nSPS) is 12.9. The topological polar surface area (TPSA) is 54.7 Å². The van der Waals surface area contributed by atoms with Crippen molar-refractivity contribution in [3.63, 3.8) is 0 Å². The van der Waals surface area contributed by atoms with Crippen LogP contribution in [-0.4, -0.2) is 16.5 Å². The molecule has 1 aromatic carbocycles. The minimum atomic E-state index is -0.595. The van der Waals surface area contributed by atoms with Gasteiger partial charge in [0.05, 0.1) is 11.9 Å². The number of nitrogens with zero attached hydrogens (tertiary/aromatic N) is 1. The van der Waals surface area contributed by atoms with E-state index in [1.807, 2.05) is 0 Å². The number of rotatable bonds is 6. The van der Waals surface area contributed by atoms with Gasteiger partial charge in [-0.1, -0.05) is 13.8 Å². The summed E-state index contributed by atoms with van der Waals surface area (Å²) in [6, 6.07) is 3.52. The first kappa shape index (κ1) is 15.6. The highest BCUT2D eigenvalue weighted by Crippen LogP contribution is 2.23. The molecular weight excluding hydrogens is 272 g/mol. The van der Waals surface area contributed by atoms with Crippen molar-refractivity contribution in [1.29, 1.82) is 0 Å². The largest absolute Gasteiger partial charge is 0.342 e. The van der Waals surface area contributed by atoms with Crippen LogP contribution in [0.2, 0.25) is 0 Å². The highest BCUT2D eigenvalue weighted by molar-refractivity contribution is 5.59. The van der Waals surface area contributed by atoms with E-state index in [1.54, 1.807) is 6.20 Å². The van der Waals surface area contributed by atoms with Crippen LogP contribution in [0.25, 0.3) is 11.3 Å². The minimum absolute atomic E-state index is 0.323. The number of nitrogens with two attached hydrogens (primary N) is 1. The van der Waals surface area contributed by atoms with Gasteiger partial charge in [0.25, 0.3) is 0 Å². The standard InChI is InChI=1S/C16H21F2N3/c1-10(2)5-11(8-19)6-16-20-9-15(21-16)13-4-3-12(17)7-14(13)18/h3-4,7,9-11H,5-6,8,19H2,1-2H3,(H,20,21). The molecule has 0 aliphatic heterocycles. The Bertz CT molecular complexity index is 593. The van der Waals surface area contributed by atoms with Gasteiger partial charge in [-0.15, -0.1) is 0 Å². The lowest BCUT2D eigenvalue weighted by molar-refractivity contribution is 0.409. The van der Waals surface area contributed by atoms with E-state index in [-0.39, 0.29) is 0 Å². The van der Waals surface area contributed by atoms with Crippen LogP contribution in [0.15, 0.2) is 24.4 Å². The van der Waals surface area contributed by atoms with Gasteiger partial charge in [-0.2, -0.15) is 0 Å².